The summed E-state index contributed by atoms with van der Waals surface area (Å²) in [7, 11) is 0. The van der Waals surface area contributed by atoms with Crippen LogP contribution in [0.15, 0.2) is 48.6 Å². The highest BCUT2D eigenvalue weighted by Gasteiger charge is 2.30. The van der Waals surface area contributed by atoms with E-state index in [1.807, 2.05) is 42.5 Å². The Bertz CT molecular complexity index is 1050. The topological polar surface area (TPSA) is 116 Å². The van der Waals surface area contributed by atoms with Crippen LogP contribution >= 0.6 is 11.6 Å². The fraction of sp³-hybridized carbons (Fsp3) is 0.320. The number of benzene rings is 2. The number of fused-ring (bicyclic) bond motifs is 1. The maximum atomic E-state index is 13.2. The summed E-state index contributed by atoms with van der Waals surface area (Å²) in [5.41, 5.74) is 0.739. The quantitative estimate of drug-likeness (QED) is 0.403. The number of rotatable bonds is 3. The first kappa shape index (κ1) is 24.3. The molecule has 0 saturated heterocycles. The number of aromatic hydroxyl groups is 2. The average molecular weight is 471 g/mol. The Morgan fingerprint density at radius 2 is 1.82 bits per heavy atom. The maximum absolute atomic E-state index is 13.2. The Kier molecular flexibility index (Phi) is 8.49. The molecule has 0 spiro atoms. The van der Waals surface area contributed by atoms with Gasteiger partial charge in [0.2, 0.25) is 5.91 Å². The van der Waals surface area contributed by atoms with E-state index < -0.39 is 35.0 Å². The second-order valence-electron chi connectivity index (χ2n) is 7.93. The average Bonchev–Trinajstić information content (AvgIpc) is 2.79. The van der Waals surface area contributed by atoms with Crippen molar-refractivity contribution in [3.8, 4) is 11.5 Å². The monoisotopic (exact) mass is 470 g/mol. The first-order valence-corrected chi connectivity index (χ1v) is 11.3. The van der Waals surface area contributed by atoms with Gasteiger partial charge in [0.05, 0.1) is 16.5 Å². The molecule has 8 heteroatoms. The molecule has 1 heterocycles. The number of allylic oxidation sites excluding steroid dienone is 1. The molecule has 0 unspecified atom stereocenters. The van der Waals surface area contributed by atoms with Crippen LogP contribution in [0.1, 0.15) is 47.2 Å². The number of Topliss-reactive ketones (excluding diaryl/α,β-unsaturated/α-hetero) is 1. The van der Waals surface area contributed by atoms with Crippen molar-refractivity contribution in [3.05, 3.63) is 70.3 Å². The lowest BCUT2D eigenvalue weighted by Crippen LogP contribution is -2.36. The van der Waals surface area contributed by atoms with Crippen LogP contribution < -0.4 is 10.6 Å². The molecule has 33 heavy (non-hydrogen) atoms. The number of carbonyl (C=O) groups is 3. The summed E-state index contributed by atoms with van der Waals surface area (Å²) in [5, 5.41) is 25.7. The molecule has 1 atom stereocenters. The van der Waals surface area contributed by atoms with Gasteiger partial charge in [-0.15, -0.1) is 0 Å². The Morgan fingerprint density at radius 1 is 1.09 bits per heavy atom. The van der Waals surface area contributed by atoms with Crippen molar-refractivity contribution < 1.29 is 24.6 Å². The molecule has 1 aliphatic heterocycles. The van der Waals surface area contributed by atoms with Gasteiger partial charge in [0.1, 0.15) is 17.3 Å². The highest BCUT2D eigenvalue weighted by molar-refractivity contribution is 6.33. The highest BCUT2D eigenvalue weighted by Crippen LogP contribution is 2.37. The molecule has 0 fully saturated rings. The molecule has 4 N–H and O–H groups in total. The largest absolute Gasteiger partial charge is 0.507 e. The van der Waals surface area contributed by atoms with E-state index in [0.717, 1.165) is 11.6 Å². The van der Waals surface area contributed by atoms with Crippen LogP contribution in [0.3, 0.4) is 0 Å². The van der Waals surface area contributed by atoms with Gasteiger partial charge in [0, 0.05) is 25.6 Å². The summed E-state index contributed by atoms with van der Waals surface area (Å²) in [4.78, 5) is 38.9. The Balaban J connectivity index is 1.90. The van der Waals surface area contributed by atoms with Crippen LogP contribution in [-0.4, -0.2) is 34.4 Å². The molecule has 2 amide bonds. The van der Waals surface area contributed by atoms with Crippen molar-refractivity contribution in [1.82, 2.24) is 10.6 Å². The van der Waals surface area contributed by atoms with E-state index in [1.165, 1.54) is 0 Å². The smallest absolute Gasteiger partial charge is 0.255 e. The zero-order valence-electron chi connectivity index (χ0n) is 18.1. The number of nitrogens with one attached hydrogen (secondary N) is 2. The lowest BCUT2D eigenvalue weighted by Gasteiger charge is -2.19. The second kappa shape index (κ2) is 11.5. The second-order valence-corrected chi connectivity index (χ2v) is 8.31. The zero-order valence-corrected chi connectivity index (χ0v) is 18.9. The number of hydrogen-bond acceptors (Lipinski definition) is 5. The third kappa shape index (κ3) is 6.35. The molecule has 3 rings (SSSR count). The molecule has 2 aromatic rings. The third-order valence-corrected chi connectivity index (χ3v) is 5.96. The Labute approximate surface area is 197 Å². The van der Waals surface area contributed by atoms with Gasteiger partial charge in [0.15, 0.2) is 0 Å². The third-order valence-electron chi connectivity index (χ3n) is 5.54. The highest BCUT2D eigenvalue weighted by atomic mass is 35.5. The van der Waals surface area contributed by atoms with Crippen LogP contribution in [0.5, 0.6) is 11.5 Å². The van der Waals surface area contributed by atoms with E-state index >= 15 is 0 Å². The first-order valence-electron chi connectivity index (χ1n) is 10.9. The van der Waals surface area contributed by atoms with Crippen LogP contribution in [0.4, 0.5) is 0 Å². The van der Waals surface area contributed by atoms with Crippen molar-refractivity contribution in [2.75, 3.05) is 6.54 Å². The fourth-order valence-electron chi connectivity index (χ4n) is 3.78. The Morgan fingerprint density at radius 3 is 2.58 bits per heavy atom. The molecular formula is C25H27ClN2O5. The van der Waals surface area contributed by atoms with Gasteiger partial charge in [-0.05, 0) is 36.8 Å². The van der Waals surface area contributed by atoms with Crippen LogP contribution in [0, 0.1) is 5.92 Å². The first-order chi connectivity index (χ1) is 15.9. The van der Waals surface area contributed by atoms with Crippen LogP contribution in [0.25, 0.3) is 0 Å². The van der Waals surface area contributed by atoms with Gasteiger partial charge in [-0.3, -0.25) is 14.4 Å². The molecule has 0 aromatic heterocycles. The lowest BCUT2D eigenvalue weighted by atomic mass is 9.89. The van der Waals surface area contributed by atoms with Crippen LogP contribution in [-0.2, 0) is 22.6 Å². The summed E-state index contributed by atoms with van der Waals surface area (Å²) in [6.45, 7) is 0.621. The van der Waals surface area contributed by atoms with Gasteiger partial charge >= 0.3 is 0 Å². The van der Waals surface area contributed by atoms with Crippen LogP contribution in [0.2, 0.25) is 5.02 Å². The number of phenols is 2. The van der Waals surface area contributed by atoms with Crippen molar-refractivity contribution in [2.45, 2.75) is 38.6 Å². The fourth-order valence-corrected chi connectivity index (χ4v) is 4.00. The van der Waals surface area contributed by atoms with E-state index in [2.05, 4.69) is 10.6 Å². The minimum absolute atomic E-state index is 0.00475. The predicted molar refractivity (Wildman–Crippen MR) is 125 cm³/mol. The summed E-state index contributed by atoms with van der Waals surface area (Å²) < 4.78 is 0. The number of phenolic OH excluding ortho intramolecular Hbond substituents is 2. The standard InChI is InChI=1S/C25H27ClN2O5/c26-23-18-13-19(29)17(24(32)28-15-16-9-5-4-6-10-16)11-7-2-1-3-8-12-27-25(33)22(18)20(30)14-21(23)31/h1,3-6,9-10,14,17,30-31H,2,7-8,11-13,15H2,(H,27,33)(H,28,32)/b3-1+/t17-/m1/s1. The molecule has 1 aliphatic rings. The molecule has 0 saturated carbocycles. The van der Waals surface area contributed by atoms with Gasteiger partial charge in [-0.2, -0.15) is 0 Å². The molecule has 0 aliphatic carbocycles. The summed E-state index contributed by atoms with van der Waals surface area (Å²) in [6, 6.07) is 10.3. The van der Waals surface area contributed by atoms with Gasteiger partial charge in [0.25, 0.3) is 5.91 Å². The number of amides is 2. The predicted octanol–water partition coefficient (Wildman–Crippen LogP) is 3.66. The van der Waals surface area contributed by atoms with Crippen molar-refractivity contribution >= 4 is 29.2 Å². The molecule has 174 valence electrons. The summed E-state index contributed by atoms with van der Waals surface area (Å²) >= 11 is 6.23. The maximum Gasteiger partial charge on any atom is 0.255 e. The zero-order chi connectivity index (χ0) is 23.8. The lowest BCUT2D eigenvalue weighted by molar-refractivity contribution is -0.134. The van der Waals surface area contributed by atoms with E-state index in [4.69, 9.17) is 11.6 Å². The van der Waals surface area contributed by atoms with Crippen molar-refractivity contribution in [3.63, 3.8) is 0 Å². The number of carbonyl (C=O) groups excluding carboxylic acids is 3. The number of halogens is 1. The van der Waals surface area contributed by atoms with Crippen molar-refractivity contribution in [1.29, 1.82) is 0 Å². The molecule has 0 bridgehead atoms. The van der Waals surface area contributed by atoms with Gasteiger partial charge < -0.3 is 20.8 Å². The van der Waals surface area contributed by atoms with Gasteiger partial charge in [-0.1, -0.05) is 54.1 Å². The molecule has 2 aromatic carbocycles. The normalized spacial score (nSPS) is 18.5. The SMILES string of the molecule is O=C1NCC/C=C/CCC[C@@H](C(=O)NCc2ccccc2)C(=O)Cc2c(Cl)c(O)cc(O)c21. The summed E-state index contributed by atoms with van der Waals surface area (Å²) in [5.74, 6) is -3.34. The van der Waals surface area contributed by atoms with E-state index in [9.17, 15) is 24.6 Å². The molecule has 7 nitrogen and oxygen atoms in total. The molecule has 0 radical (unpaired) electrons. The number of hydrogen-bond donors (Lipinski definition) is 4. The van der Waals surface area contributed by atoms with E-state index in [-0.39, 0.29) is 29.1 Å². The Hall–Kier alpha value is -3.32. The minimum Gasteiger partial charge on any atom is -0.507 e. The minimum atomic E-state index is -0.957. The number of ketones is 1. The molecular weight excluding hydrogens is 444 g/mol. The van der Waals surface area contributed by atoms with E-state index in [1.54, 1.807) is 0 Å². The van der Waals surface area contributed by atoms with Crippen molar-refractivity contribution in [2.24, 2.45) is 5.92 Å². The van der Waals surface area contributed by atoms with E-state index in [0.29, 0.717) is 32.2 Å². The summed E-state index contributed by atoms with van der Waals surface area (Å²) in [6.07, 6.45) is 5.75. The van der Waals surface area contributed by atoms with Gasteiger partial charge in [-0.25, -0.2) is 0 Å².